The number of nitrogens with zero attached hydrogens (tertiary/aromatic N) is 2. The molecule has 0 bridgehead atoms. The normalized spacial score (nSPS) is 26.1. The summed E-state index contributed by atoms with van der Waals surface area (Å²) >= 11 is 5.30. The quantitative estimate of drug-likeness (QED) is 0.802. The van der Waals surface area contributed by atoms with Crippen LogP contribution in [0.1, 0.15) is 48.0 Å². The van der Waals surface area contributed by atoms with Crippen LogP contribution in [0.5, 0.6) is 5.75 Å². The van der Waals surface area contributed by atoms with Crippen molar-refractivity contribution in [2.24, 2.45) is 0 Å². The molecule has 27 heavy (non-hydrogen) atoms. The molecule has 1 N–H and O–H groups in total. The van der Waals surface area contributed by atoms with Gasteiger partial charge >= 0.3 is 0 Å². The van der Waals surface area contributed by atoms with Crippen molar-refractivity contribution in [1.29, 1.82) is 0 Å². The number of fused-ring (bicyclic) bond motifs is 1. The fourth-order valence-corrected chi connectivity index (χ4v) is 4.55. The van der Waals surface area contributed by atoms with Gasteiger partial charge in [-0.1, -0.05) is 18.6 Å². The van der Waals surface area contributed by atoms with Crippen LogP contribution in [0.2, 0.25) is 0 Å². The number of likely N-dealkylation sites (tertiary alicyclic amines) is 1. The minimum atomic E-state index is -0.210. The van der Waals surface area contributed by atoms with Gasteiger partial charge in [0.25, 0.3) is 5.91 Å². The van der Waals surface area contributed by atoms with Crippen molar-refractivity contribution >= 4 is 29.0 Å². The van der Waals surface area contributed by atoms with E-state index in [0.717, 1.165) is 17.9 Å². The van der Waals surface area contributed by atoms with Gasteiger partial charge in [-0.3, -0.25) is 9.59 Å². The lowest BCUT2D eigenvalue weighted by Crippen LogP contribution is -2.51. The Kier molecular flexibility index (Phi) is 5.14. The van der Waals surface area contributed by atoms with Gasteiger partial charge in [-0.05, 0) is 56.6 Å². The number of ether oxygens (including phenoxy) is 1. The highest BCUT2D eigenvalue weighted by Crippen LogP contribution is 2.30. The Morgan fingerprint density at radius 2 is 2.11 bits per heavy atom. The molecule has 0 radical (unpaired) electrons. The molecule has 0 aliphatic carbocycles. The number of thiocarbonyl (C=S) groups is 1. The predicted octanol–water partition coefficient (Wildman–Crippen LogP) is 2.11. The summed E-state index contributed by atoms with van der Waals surface area (Å²) in [5, 5.41) is 2.70. The summed E-state index contributed by atoms with van der Waals surface area (Å²) < 4.78 is 6.04. The van der Waals surface area contributed by atoms with Crippen molar-refractivity contribution in [3.05, 3.63) is 29.3 Å². The van der Waals surface area contributed by atoms with E-state index in [2.05, 4.69) is 17.3 Å². The average Bonchev–Trinajstić information content (AvgIpc) is 2.97. The van der Waals surface area contributed by atoms with Crippen LogP contribution in [-0.2, 0) is 11.3 Å². The van der Waals surface area contributed by atoms with Gasteiger partial charge in [0.15, 0.2) is 0 Å². The molecule has 2 unspecified atom stereocenters. The second-order valence-corrected chi connectivity index (χ2v) is 8.10. The molecule has 1 aromatic carbocycles. The first-order valence-electron chi connectivity index (χ1n) is 9.63. The van der Waals surface area contributed by atoms with Gasteiger partial charge in [-0.25, -0.2) is 0 Å². The van der Waals surface area contributed by atoms with Gasteiger partial charge in [0, 0.05) is 24.6 Å². The summed E-state index contributed by atoms with van der Waals surface area (Å²) in [6, 6.07) is 5.94. The van der Waals surface area contributed by atoms with Crippen LogP contribution in [0.25, 0.3) is 0 Å². The molecule has 0 saturated carbocycles. The maximum absolute atomic E-state index is 12.8. The van der Waals surface area contributed by atoms with Crippen molar-refractivity contribution in [2.45, 2.75) is 50.7 Å². The minimum Gasteiger partial charge on any atom is -0.492 e. The Balaban J connectivity index is 1.43. The molecule has 2 amide bonds. The third-order valence-corrected chi connectivity index (χ3v) is 6.23. The van der Waals surface area contributed by atoms with Gasteiger partial charge in [0.05, 0.1) is 6.04 Å². The van der Waals surface area contributed by atoms with Gasteiger partial charge < -0.3 is 19.9 Å². The summed E-state index contributed by atoms with van der Waals surface area (Å²) in [5.41, 5.74) is 1.67. The fraction of sp³-hybridized carbons (Fsp3) is 0.550. The molecule has 7 heteroatoms. The summed E-state index contributed by atoms with van der Waals surface area (Å²) in [7, 11) is 2.15. The first-order chi connectivity index (χ1) is 13.0. The first kappa shape index (κ1) is 18.4. The van der Waals surface area contributed by atoms with Crippen LogP contribution in [0, 0.1) is 0 Å². The van der Waals surface area contributed by atoms with Gasteiger partial charge in [-0.15, -0.1) is 0 Å². The van der Waals surface area contributed by atoms with Gasteiger partial charge in [-0.2, -0.15) is 0 Å². The molecule has 4 rings (SSSR count). The topological polar surface area (TPSA) is 61.9 Å². The van der Waals surface area contributed by atoms with E-state index in [-0.39, 0.29) is 17.9 Å². The first-order valence-corrected chi connectivity index (χ1v) is 10.0. The van der Waals surface area contributed by atoms with Crippen LogP contribution in [-0.4, -0.2) is 58.9 Å². The molecule has 0 aromatic heterocycles. The maximum Gasteiger partial charge on any atom is 0.255 e. The maximum atomic E-state index is 12.8. The molecular formula is C20H25N3O3S. The SMILES string of the molecule is CN1CCCCC1COc1ccc2c(c1)CN(C1CCC(=O)NC1=S)C2=O. The van der Waals surface area contributed by atoms with E-state index < -0.39 is 0 Å². The van der Waals surface area contributed by atoms with Gasteiger partial charge in [0.1, 0.15) is 17.3 Å². The third kappa shape index (κ3) is 3.71. The summed E-state index contributed by atoms with van der Waals surface area (Å²) in [6.45, 7) is 2.31. The lowest BCUT2D eigenvalue weighted by molar-refractivity contribution is -0.120. The van der Waals surface area contributed by atoms with Gasteiger partial charge in [0.2, 0.25) is 5.91 Å². The molecule has 6 nitrogen and oxygen atoms in total. The predicted molar refractivity (Wildman–Crippen MR) is 106 cm³/mol. The molecule has 2 fully saturated rings. The third-order valence-electron chi connectivity index (χ3n) is 5.86. The van der Waals surface area contributed by atoms with Crippen LogP contribution in [0.15, 0.2) is 18.2 Å². The van der Waals surface area contributed by atoms with Crippen molar-refractivity contribution in [3.63, 3.8) is 0 Å². The number of rotatable bonds is 4. The second-order valence-electron chi connectivity index (χ2n) is 7.66. The Morgan fingerprint density at radius 1 is 1.26 bits per heavy atom. The molecule has 1 aromatic rings. The largest absolute Gasteiger partial charge is 0.492 e. The number of nitrogens with one attached hydrogen (secondary N) is 1. The summed E-state index contributed by atoms with van der Waals surface area (Å²) in [6.07, 6.45) is 4.66. The van der Waals surface area contributed by atoms with Crippen LogP contribution in [0.4, 0.5) is 0 Å². The molecule has 0 spiro atoms. The number of amides is 2. The average molecular weight is 388 g/mol. The summed E-state index contributed by atoms with van der Waals surface area (Å²) in [5.74, 6) is 0.720. The molecule has 144 valence electrons. The number of hydrogen-bond acceptors (Lipinski definition) is 5. The number of carbonyl (C=O) groups excluding carboxylic acids is 2. The number of benzene rings is 1. The van der Waals surface area contributed by atoms with E-state index in [1.54, 1.807) is 4.90 Å². The molecule has 3 aliphatic rings. The van der Waals surface area contributed by atoms with Crippen LogP contribution >= 0.6 is 12.2 Å². The van der Waals surface area contributed by atoms with E-state index in [0.29, 0.717) is 42.6 Å². The van der Waals surface area contributed by atoms with Crippen molar-refractivity contribution in [3.8, 4) is 5.75 Å². The highest BCUT2D eigenvalue weighted by molar-refractivity contribution is 7.80. The van der Waals surface area contributed by atoms with E-state index in [1.807, 2.05) is 18.2 Å². The smallest absolute Gasteiger partial charge is 0.255 e. The number of carbonyl (C=O) groups is 2. The second kappa shape index (κ2) is 7.56. The molecule has 3 heterocycles. The molecule has 3 aliphatic heterocycles. The molecule has 2 atom stereocenters. The lowest BCUT2D eigenvalue weighted by atomic mass is 10.0. The highest BCUT2D eigenvalue weighted by Gasteiger charge is 2.37. The fourth-order valence-electron chi connectivity index (χ4n) is 4.19. The standard InChI is InChI=1S/C20H25N3O3S/c1-22-9-3-2-4-14(22)12-26-15-5-6-16-13(10-15)11-23(20(16)25)17-7-8-18(24)21-19(17)27/h5-6,10,14,17H,2-4,7-9,11-12H2,1H3,(H,21,24,27). The lowest BCUT2D eigenvalue weighted by Gasteiger charge is -2.32. The Hall–Kier alpha value is -1.99. The zero-order valence-electron chi connectivity index (χ0n) is 15.6. The monoisotopic (exact) mass is 387 g/mol. The Morgan fingerprint density at radius 3 is 2.89 bits per heavy atom. The van der Waals surface area contributed by atoms with E-state index in [1.165, 1.54) is 19.3 Å². The van der Waals surface area contributed by atoms with Crippen LogP contribution < -0.4 is 10.1 Å². The molecule has 2 saturated heterocycles. The van der Waals surface area contributed by atoms with E-state index >= 15 is 0 Å². The highest BCUT2D eigenvalue weighted by atomic mass is 32.1. The molecular weight excluding hydrogens is 362 g/mol. The zero-order valence-corrected chi connectivity index (χ0v) is 16.4. The van der Waals surface area contributed by atoms with Crippen LogP contribution in [0.3, 0.4) is 0 Å². The summed E-state index contributed by atoms with van der Waals surface area (Å²) in [4.78, 5) is 28.8. The number of piperidine rings is 2. The zero-order chi connectivity index (χ0) is 19.0. The number of likely N-dealkylation sites (N-methyl/N-ethyl adjacent to an activating group) is 1. The van der Waals surface area contributed by atoms with E-state index in [4.69, 9.17) is 17.0 Å². The van der Waals surface area contributed by atoms with Crippen molar-refractivity contribution in [1.82, 2.24) is 15.1 Å². The number of hydrogen-bond donors (Lipinski definition) is 1. The Labute approximate surface area is 164 Å². The van der Waals surface area contributed by atoms with Crippen molar-refractivity contribution < 1.29 is 14.3 Å². The van der Waals surface area contributed by atoms with Crippen molar-refractivity contribution in [2.75, 3.05) is 20.2 Å². The minimum absolute atomic E-state index is 0.0212. The Bertz CT molecular complexity index is 782. The van der Waals surface area contributed by atoms with E-state index in [9.17, 15) is 9.59 Å².